The highest BCUT2D eigenvalue weighted by atomic mass is 16.6. The van der Waals surface area contributed by atoms with Crippen LogP contribution in [-0.2, 0) is 9.53 Å². The largest absolute Gasteiger partial charge is 0.444 e. The van der Waals surface area contributed by atoms with Crippen LogP contribution >= 0.6 is 0 Å². The normalized spacial score (nSPS) is 27.6. The number of hydrogen-bond acceptors (Lipinski definition) is 3. The van der Waals surface area contributed by atoms with E-state index in [2.05, 4.69) is 10.6 Å². The summed E-state index contributed by atoms with van der Waals surface area (Å²) in [4.78, 5) is 23.3. The fourth-order valence-electron chi connectivity index (χ4n) is 2.88. The van der Waals surface area contributed by atoms with Gasteiger partial charge in [-0.25, -0.2) is 4.79 Å². The van der Waals surface area contributed by atoms with E-state index < -0.39 is 11.7 Å². The van der Waals surface area contributed by atoms with Crippen molar-refractivity contribution in [2.45, 2.75) is 52.1 Å². The second-order valence-corrected chi connectivity index (χ2v) is 7.00. The van der Waals surface area contributed by atoms with Gasteiger partial charge >= 0.3 is 6.09 Å². The molecular formula is C15H26N2O3. The molecule has 0 bridgehead atoms. The van der Waals surface area contributed by atoms with Crippen LogP contribution in [0, 0.1) is 17.8 Å². The van der Waals surface area contributed by atoms with Crippen molar-refractivity contribution in [2.75, 3.05) is 13.1 Å². The number of amides is 2. The van der Waals surface area contributed by atoms with Gasteiger partial charge in [0.25, 0.3) is 0 Å². The highest BCUT2D eigenvalue weighted by Gasteiger charge is 2.47. The maximum Gasteiger partial charge on any atom is 0.407 e. The molecule has 2 N–H and O–H groups in total. The Kier molecular flexibility index (Phi) is 4.55. The van der Waals surface area contributed by atoms with Gasteiger partial charge in [-0.05, 0) is 58.3 Å². The molecule has 0 aromatic carbocycles. The molecule has 2 saturated carbocycles. The minimum Gasteiger partial charge on any atom is -0.444 e. The summed E-state index contributed by atoms with van der Waals surface area (Å²) in [5.74, 6) is 2.09. The molecular weight excluding hydrogens is 256 g/mol. The van der Waals surface area contributed by atoms with Gasteiger partial charge in [-0.1, -0.05) is 0 Å². The van der Waals surface area contributed by atoms with Gasteiger partial charge in [0.05, 0.1) is 0 Å². The van der Waals surface area contributed by atoms with Gasteiger partial charge in [0.1, 0.15) is 5.60 Å². The van der Waals surface area contributed by atoms with Crippen LogP contribution in [0.1, 0.15) is 46.5 Å². The molecule has 0 aromatic rings. The molecule has 2 aliphatic rings. The Morgan fingerprint density at radius 1 is 1.05 bits per heavy atom. The molecule has 5 nitrogen and oxygen atoms in total. The molecule has 20 heavy (non-hydrogen) atoms. The Labute approximate surface area is 120 Å². The Balaban J connectivity index is 1.49. The molecule has 2 atom stereocenters. The first-order valence-electron chi connectivity index (χ1n) is 7.60. The summed E-state index contributed by atoms with van der Waals surface area (Å²) >= 11 is 0. The molecule has 0 radical (unpaired) electrons. The fraction of sp³-hybridized carbons (Fsp3) is 0.867. The SMILES string of the molecule is CC(C)(C)OC(=O)NCCCNC(=O)C1CC2CC2C1. The summed E-state index contributed by atoms with van der Waals surface area (Å²) in [6, 6.07) is 0. The quantitative estimate of drug-likeness (QED) is 0.758. The number of carbonyl (C=O) groups is 2. The van der Waals surface area contributed by atoms with Crippen molar-refractivity contribution in [3.63, 3.8) is 0 Å². The number of fused-ring (bicyclic) bond motifs is 1. The van der Waals surface area contributed by atoms with Crippen LogP contribution in [0.3, 0.4) is 0 Å². The van der Waals surface area contributed by atoms with Gasteiger partial charge in [-0.15, -0.1) is 0 Å². The monoisotopic (exact) mass is 282 g/mol. The van der Waals surface area contributed by atoms with Gasteiger partial charge in [-0.3, -0.25) is 4.79 Å². The third-order valence-corrected chi connectivity index (χ3v) is 3.94. The summed E-state index contributed by atoms with van der Waals surface area (Å²) in [5.41, 5.74) is -0.471. The van der Waals surface area contributed by atoms with Crippen LogP contribution in [0.2, 0.25) is 0 Å². The number of nitrogens with one attached hydrogen (secondary N) is 2. The van der Waals surface area contributed by atoms with E-state index in [4.69, 9.17) is 4.74 Å². The van der Waals surface area contributed by atoms with Crippen LogP contribution < -0.4 is 10.6 Å². The minimum absolute atomic E-state index is 0.189. The standard InChI is InChI=1S/C15H26N2O3/c1-15(2,3)20-14(19)17-6-4-5-16-13(18)12-8-10-7-11(10)9-12/h10-12H,4-9H2,1-3H3,(H,16,18)(H,17,19). The molecule has 0 aliphatic heterocycles. The van der Waals surface area contributed by atoms with Crippen molar-refractivity contribution >= 4 is 12.0 Å². The first-order valence-corrected chi connectivity index (χ1v) is 7.60. The molecule has 0 spiro atoms. The lowest BCUT2D eigenvalue weighted by Crippen LogP contribution is -2.35. The summed E-state index contributed by atoms with van der Waals surface area (Å²) in [7, 11) is 0. The second-order valence-electron chi connectivity index (χ2n) is 7.00. The van der Waals surface area contributed by atoms with Crippen molar-refractivity contribution in [3.05, 3.63) is 0 Å². The van der Waals surface area contributed by atoms with E-state index in [0.29, 0.717) is 13.1 Å². The number of ether oxygens (including phenoxy) is 1. The molecule has 2 aliphatic carbocycles. The molecule has 0 heterocycles. The molecule has 0 saturated heterocycles. The highest BCUT2D eigenvalue weighted by Crippen LogP contribution is 2.54. The third-order valence-electron chi connectivity index (χ3n) is 3.94. The zero-order chi connectivity index (χ0) is 14.8. The maximum absolute atomic E-state index is 11.9. The number of alkyl carbamates (subject to hydrolysis) is 1. The highest BCUT2D eigenvalue weighted by molar-refractivity contribution is 5.79. The predicted octanol–water partition coefficient (Wildman–Crippen LogP) is 2.06. The maximum atomic E-state index is 11.9. The van der Waals surface area contributed by atoms with Gasteiger partial charge in [0.2, 0.25) is 5.91 Å². The summed E-state index contributed by atoms with van der Waals surface area (Å²) in [6.07, 6.45) is 3.81. The van der Waals surface area contributed by atoms with E-state index in [-0.39, 0.29) is 11.8 Å². The van der Waals surface area contributed by atoms with E-state index in [1.54, 1.807) is 0 Å². The lowest BCUT2D eigenvalue weighted by atomic mass is 10.0. The average Bonchev–Trinajstić information content (AvgIpc) is 2.93. The van der Waals surface area contributed by atoms with Gasteiger partial charge in [-0.2, -0.15) is 0 Å². The topological polar surface area (TPSA) is 67.4 Å². The van der Waals surface area contributed by atoms with E-state index >= 15 is 0 Å². The Morgan fingerprint density at radius 3 is 2.25 bits per heavy atom. The van der Waals surface area contributed by atoms with Crippen LogP contribution in [0.25, 0.3) is 0 Å². The molecule has 2 amide bonds. The van der Waals surface area contributed by atoms with E-state index in [9.17, 15) is 9.59 Å². The van der Waals surface area contributed by atoms with Gasteiger partial charge < -0.3 is 15.4 Å². The summed E-state index contributed by atoms with van der Waals surface area (Å²) < 4.78 is 5.13. The van der Waals surface area contributed by atoms with Crippen LogP contribution in [0.5, 0.6) is 0 Å². The second kappa shape index (κ2) is 6.02. The van der Waals surface area contributed by atoms with Crippen LogP contribution in [0.15, 0.2) is 0 Å². The Hall–Kier alpha value is -1.26. The summed E-state index contributed by atoms with van der Waals surface area (Å²) in [6.45, 7) is 6.63. The van der Waals surface area contributed by atoms with Gasteiger partial charge in [0, 0.05) is 19.0 Å². The number of carbonyl (C=O) groups excluding carboxylic acids is 2. The van der Waals surface area contributed by atoms with E-state index in [0.717, 1.165) is 31.1 Å². The average molecular weight is 282 g/mol. The minimum atomic E-state index is -0.471. The van der Waals surface area contributed by atoms with Crippen molar-refractivity contribution in [1.82, 2.24) is 10.6 Å². The molecule has 2 rings (SSSR count). The van der Waals surface area contributed by atoms with Crippen LogP contribution in [0.4, 0.5) is 4.79 Å². The Morgan fingerprint density at radius 2 is 1.65 bits per heavy atom. The fourth-order valence-corrected chi connectivity index (χ4v) is 2.88. The molecule has 2 unspecified atom stereocenters. The van der Waals surface area contributed by atoms with E-state index in [1.807, 2.05) is 20.8 Å². The Bertz CT molecular complexity index is 366. The summed E-state index contributed by atoms with van der Waals surface area (Å²) in [5, 5.41) is 5.64. The molecule has 5 heteroatoms. The number of hydrogen-bond donors (Lipinski definition) is 2. The van der Waals surface area contributed by atoms with Gasteiger partial charge in [0.15, 0.2) is 0 Å². The van der Waals surface area contributed by atoms with E-state index in [1.165, 1.54) is 6.42 Å². The molecule has 0 aromatic heterocycles. The van der Waals surface area contributed by atoms with Crippen molar-refractivity contribution < 1.29 is 14.3 Å². The number of rotatable bonds is 5. The smallest absolute Gasteiger partial charge is 0.407 e. The third kappa shape index (κ3) is 4.69. The van der Waals surface area contributed by atoms with Crippen molar-refractivity contribution in [3.8, 4) is 0 Å². The first kappa shape index (κ1) is 15.1. The molecule has 114 valence electrons. The predicted molar refractivity (Wildman–Crippen MR) is 76.2 cm³/mol. The zero-order valence-corrected chi connectivity index (χ0v) is 12.7. The lowest BCUT2D eigenvalue weighted by Gasteiger charge is -2.19. The molecule has 2 fully saturated rings. The van der Waals surface area contributed by atoms with Crippen molar-refractivity contribution in [1.29, 1.82) is 0 Å². The van der Waals surface area contributed by atoms with Crippen molar-refractivity contribution in [2.24, 2.45) is 17.8 Å². The zero-order valence-electron chi connectivity index (χ0n) is 12.7. The van der Waals surface area contributed by atoms with Crippen LogP contribution in [-0.4, -0.2) is 30.7 Å². The first-order chi connectivity index (χ1) is 9.35. The lowest BCUT2D eigenvalue weighted by molar-refractivity contribution is -0.125.